The van der Waals surface area contributed by atoms with E-state index in [9.17, 15) is 19.1 Å². The lowest BCUT2D eigenvalue weighted by atomic mass is 9.98. The third-order valence-corrected chi connectivity index (χ3v) is 4.42. The summed E-state index contributed by atoms with van der Waals surface area (Å²) in [5, 5.41) is 10.3. The van der Waals surface area contributed by atoms with Crippen LogP contribution in [0.5, 0.6) is 23.0 Å². The second kappa shape index (κ2) is 11.2. The van der Waals surface area contributed by atoms with Crippen LogP contribution in [0.15, 0.2) is 30.3 Å². The van der Waals surface area contributed by atoms with E-state index >= 15 is 0 Å². The molecule has 0 unspecified atom stereocenters. The monoisotopic (exact) mass is 418 g/mol. The van der Waals surface area contributed by atoms with Crippen molar-refractivity contribution in [3.63, 3.8) is 0 Å². The summed E-state index contributed by atoms with van der Waals surface area (Å²) in [4.78, 5) is 22.5. The molecule has 0 amide bonds. The SMILES string of the molecule is Cc1c(OCCCCOc2ccc(OC=O)cc2F)ccc(C(=O)CC(C)C)c1O. The van der Waals surface area contributed by atoms with Crippen LogP contribution < -0.4 is 14.2 Å². The number of phenols is 1. The predicted octanol–water partition coefficient (Wildman–Crippen LogP) is 4.84. The van der Waals surface area contributed by atoms with Crippen molar-refractivity contribution in [3.05, 3.63) is 47.3 Å². The summed E-state index contributed by atoms with van der Waals surface area (Å²) in [5.74, 6) is 0.184. The molecule has 0 aliphatic rings. The number of hydrogen-bond acceptors (Lipinski definition) is 6. The number of Topliss-reactive ketones (excluding diaryl/α,β-unsaturated/α-hetero) is 1. The van der Waals surface area contributed by atoms with Crippen LogP contribution in [0.1, 0.15) is 49.0 Å². The molecule has 0 saturated carbocycles. The molecular weight excluding hydrogens is 391 g/mol. The lowest BCUT2D eigenvalue weighted by Crippen LogP contribution is -2.06. The first kappa shape index (κ1) is 23.2. The molecule has 2 rings (SSSR count). The third-order valence-electron chi connectivity index (χ3n) is 4.42. The highest BCUT2D eigenvalue weighted by atomic mass is 19.1. The Labute approximate surface area is 175 Å². The first-order valence-corrected chi connectivity index (χ1v) is 9.84. The Balaban J connectivity index is 1.78. The number of carbonyl (C=O) groups excluding carboxylic acids is 2. The summed E-state index contributed by atoms with van der Waals surface area (Å²) in [5.41, 5.74) is 0.842. The van der Waals surface area contributed by atoms with E-state index < -0.39 is 5.82 Å². The van der Waals surface area contributed by atoms with Gasteiger partial charge in [0.05, 0.1) is 18.8 Å². The zero-order valence-electron chi connectivity index (χ0n) is 17.4. The Bertz CT molecular complexity index is 878. The minimum absolute atomic E-state index is 0.0426. The standard InChI is InChI=1S/C23H27FO6/c1-15(2)12-20(26)18-7-9-21(16(3)23(18)27)28-10-4-5-11-29-22-8-6-17(30-14-25)13-19(22)24/h6-9,13-15,27H,4-5,10-12H2,1-3H3. The maximum Gasteiger partial charge on any atom is 0.298 e. The molecule has 0 heterocycles. The highest BCUT2D eigenvalue weighted by molar-refractivity contribution is 5.99. The van der Waals surface area contributed by atoms with E-state index in [0.29, 0.717) is 49.4 Å². The molecule has 6 nitrogen and oxygen atoms in total. The summed E-state index contributed by atoms with van der Waals surface area (Å²) < 4.78 is 29.5. The van der Waals surface area contributed by atoms with Crippen LogP contribution in [-0.2, 0) is 4.79 Å². The first-order valence-electron chi connectivity index (χ1n) is 9.84. The number of benzene rings is 2. The van der Waals surface area contributed by atoms with Crippen LogP contribution in [0.2, 0.25) is 0 Å². The number of aromatic hydroxyl groups is 1. The maximum atomic E-state index is 13.8. The smallest absolute Gasteiger partial charge is 0.298 e. The molecule has 7 heteroatoms. The van der Waals surface area contributed by atoms with Crippen molar-refractivity contribution in [3.8, 4) is 23.0 Å². The van der Waals surface area contributed by atoms with Gasteiger partial charge in [-0.15, -0.1) is 0 Å². The second-order valence-corrected chi connectivity index (χ2v) is 7.32. The summed E-state index contributed by atoms with van der Waals surface area (Å²) >= 11 is 0. The Hall–Kier alpha value is -3.09. The van der Waals surface area contributed by atoms with Gasteiger partial charge in [-0.2, -0.15) is 0 Å². The topological polar surface area (TPSA) is 82.1 Å². The zero-order valence-corrected chi connectivity index (χ0v) is 17.4. The fourth-order valence-electron chi connectivity index (χ4n) is 2.84. The molecule has 162 valence electrons. The molecule has 0 saturated heterocycles. The first-order chi connectivity index (χ1) is 14.3. The lowest BCUT2D eigenvalue weighted by Gasteiger charge is -2.13. The molecular formula is C23H27FO6. The number of halogens is 1. The number of unbranched alkanes of at least 4 members (excludes halogenated alkanes) is 1. The molecule has 0 bridgehead atoms. The van der Waals surface area contributed by atoms with Crippen molar-refractivity contribution in [2.24, 2.45) is 5.92 Å². The van der Waals surface area contributed by atoms with Crippen molar-refractivity contribution in [1.82, 2.24) is 0 Å². The van der Waals surface area contributed by atoms with Gasteiger partial charge in [-0.3, -0.25) is 9.59 Å². The number of phenolic OH excluding ortho intramolecular Hbond substituents is 1. The van der Waals surface area contributed by atoms with Crippen molar-refractivity contribution in [2.45, 2.75) is 40.0 Å². The summed E-state index contributed by atoms with van der Waals surface area (Å²) in [6.07, 6.45) is 1.66. The molecule has 0 radical (unpaired) electrons. The Morgan fingerprint density at radius 2 is 1.73 bits per heavy atom. The third kappa shape index (κ3) is 6.47. The highest BCUT2D eigenvalue weighted by Gasteiger charge is 2.17. The van der Waals surface area contributed by atoms with E-state index in [1.165, 1.54) is 12.1 Å². The van der Waals surface area contributed by atoms with Crippen LogP contribution in [0, 0.1) is 18.7 Å². The van der Waals surface area contributed by atoms with Gasteiger partial charge in [0.1, 0.15) is 17.2 Å². The van der Waals surface area contributed by atoms with Gasteiger partial charge in [-0.05, 0) is 49.9 Å². The molecule has 30 heavy (non-hydrogen) atoms. The Morgan fingerprint density at radius 1 is 1.10 bits per heavy atom. The van der Waals surface area contributed by atoms with Gasteiger partial charge in [0.25, 0.3) is 6.47 Å². The average Bonchev–Trinajstić information content (AvgIpc) is 2.68. The van der Waals surface area contributed by atoms with Gasteiger partial charge in [-0.1, -0.05) is 13.8 Å². The number of ether oxygens (including phenoxy) is 3. The summed E-state index contributed by atoms with van der Waals surface area (Å²) in [7, 11) is 0. The van der Waals surface area contributed by atoms with E-state index in [-0.39, 0.29) is 35.4 Å². The summed E-state index contributed by atoms with van der Waals surface area (Å²) in [6, 6.07) is 7.21. The lowest BCUT2D eigenvalue weighted by molar-refractivity contribution is -0.120. The number of ketones is 1. The van der Waals surface area contributed by atoms with E-state index in [1.807, 2.05) is 13.8 Å². The van der Waals surface area contributed by atoms with Crippen LogP contribution in [0.4, 0.5) is 4.39 Å². The molecule has 2 aromatic rings. The van der Waals surface area contributed by atoms with Gasteiger partial charge < -0.3 is 19.3 Å². The van der Waals surface area contributed by atoms with Gasteiger partial charge in [0.2, 0.25) is 0 Å². The molecule has 0 fully saturated rings. The van der Waals surface area contributed by atoms with Crippen molar-refractivity contribution < 1.29 is 33.3 Å². The second-order valence-electron chi connectivity index (χ2n) is 7.32. The van der Waals surface area contributed by atoms with Crippen LogP contribution >= 0.6 is 0 Å². The van der Waals surface area contributed by atoms with Gasteiger partial charge in [-0.25, -0.2) is 4.39 Å². The molecule has 2 aromatic carbocycles. The van der Waals surface area contributed by atoms with Crippen LogP contribution in [0.3, 0.4) is 0 Å². The van der Waals surface area contributed by atoms with Crippen molar-refractivity contribution >= 4 is 12.3 Å². The predicted molar refractivity (Wildman–Crippen MR) is 110 cm³/mol. The molecule has 0 spiro atoms. The van der Waals surface area contributed by atoms with Gasteiger partial charge in [0.15, 0.2) is 17.3 Å². The summed E-state index contributed by atoms with van der Waals surface area (Å²) in [6.45, 7) is 6.52. The number of rotatable bonds is 12. The average molecular weight is 418 g/mol. The highest BCUT2D eigenvalue weighted by Crippen LogP contribution is 2.32. The van der Waals surface area contributed by atoms with E-state index in [0.717, 1.165) is 6.07 Å². The zero-order chi connectivity index (χ0) is 22.1. The fraction of sp³-hybridized carbons (Fsp3) is 0.391. The molecule has 1 N–H and O–H groups in total. The molecule has 0 aliphatic carbocycles. The Kier molecular flexibility index (Phi) is 8.65. The Morgan fingerprint density at radius 3 is 2.33 bits per heavy atom. The largest absolute Gasteiger partial charge is 0.507 e. The molecule has 0 atom stereocenters. The molecule has 0 aliphatic heterocycles. The van der Waals surface area contributed by atoms with Crippen molar-refractivity contribution in [2.75, 3.05) is 13.2 Å². The molecule has 0 aromatic heterocycles. The van der Waals surface area contributed by atoms with Crippen LogP contribution in [-0.4, -0.2) is 30.6 Å². The van der Waals surface area contributed by atoms with Gasteiger partial charge >= 0.3 is 0 Å². The van der Waals surface area contributed by atoms with E-state index in [4.69, 9.17) is 9.47 Å². The van der Waals surface area contributed by atoms with Crippen molar-refractivity contribution in [1.29, 1.82) is 0 Å². The van der Waals surface area contributed by atoms with E-state index in [2.05, 4.69) is 4.74 Å². The minimum atomic E-state index is -0.608. The minimum Gasteiger partial charge on any atom is -0.507 e. The number of hydrogen-bond donors (Lipinski definition) is 1. The quantitative estimate of drug-likeness (QED) is 0.302. The maximum absolute atomic E-state index is 13.8. The van der Waals surface area contributed by atoms with Crippen LogP contribution in [0.25, 0.3) is 0 Å². The number of carbonyl (C=O) groups is 2. The normalized spacial score (nSPS) is 10.7. The van der Waals surface area contributed by atoms with Gasteiger partial charge in [0, 0.05) is 18.1 Å². The van der Waals surface area contributed by atoms with E-state index in [1.54, 1.807) is 19.1 Å². The fourth-order valence-corrected chi connectivity index (χ4v) is 2.84.